The van der Waals surface area contributed by atoms with Crippen LogP contribution in [0.15, 0.2) is 53.4 Å². The summed E-state index contributed by atoms with van der Waals surface area (Å²) in [5.41, 5.74) is 1.63. The molecule has 0 spiro atoms. The Bertz CT molecular complexity index is 943. The van der Waals surface area contributed by atoms with Crippen molar-refractivity contribution in [3.63, 3.8) is 0 Å². The predicted molar refractivity (Wildman–Crippen MR) is 109 cm³/mol. The summed E-state index contributed by atoms with van der Waals surface area (Å²) in [4.78, 5) is 14.4. The van der Waals surface area contributed by atoms with Gasteiger partial charge in [0.15, 0.2) is 9.84 Å². The van der Waals surface area contributed by atoms with E-state index in [-0.39, 0.29) is 16.8 Å². The van der Waals surface area contributed by atoms with E-state index in [1.54, 1.807) is 74.7 Å². The highest BCUT2D eigenvalue weighted by Gasteiger charge is 2.16. The number of ether oxygens (including phenoxy) is 2. The Morgan fingerprint density at radius 1 is 1.04 bits per heavy atom. The standard InChI is InChI=1S/C21H25NO5S/c1-15(17-7-9-20(10-8-17)28(5,24)25)22(2)21(23)11-6-16-12-18(26-3)14-19(13-16)27-4/h6-15H,1-5H3. The summed E-state index contributed by atoms with van der Waals surface area (Å²) >= 11 is 0. The van der Waals surface area contributed by atoms with Gasteiger partial charge in [0.25, 0.3) is 0 Å². The van der Waals surface area contributed by atoms with Gasteiger partial charge in [0.05, 0.1) is 25.2 Å². The SMILES string of the molecule is COc1cc(C=CC(=O)N(C)C(C)c2ccc(S(C)(=O)=O)cc2)cc(OC)c1. The normalized spacial score (nSPS) is 12.6. The average Bonchev–Trinajstić information content (AvgIpc) is 2.69. The molecule has 7 heteroatoms. The molecule has 1 atom stereocenters. The highest BCUT2D eigenvalue weighted by molar-refractivity contribution is 7.90. The minimum absolute atomic E-state index is 0.179. The number of sulfone groups is 1. The first-order valence-corrected chi connectivity index (χ1v) is 10.5. The molecule has 0 N–H and O–H groups in total. The van der Waals surface area contributed by atoms with Crippen molar-refractivity contribution in [2.75, 3.05) is 27.5 Å². The summed E-state index contributed by atoms with van der Waals surface area (Å²) in [6, 6.07) is 11.7. The number of benzene rings is 2. The lowest BCUT2D eigenvalue weighted by molar-refractivity contribution is -0.126. The zero-order valence-electron chi connectivity index (χ0n) is 16.7. The smallest absolute Gasteiger partial charge is 0.246 e. The lowest BCUT2D eigenvalue weighted by Crippen LogP contribution is -2.28. The second-order valence-electron chi connectivity index (χ2n) is 6.45. The van der Waals surface area contributed by atoms with Gasteiger partial charge in [-0.25, -0.2) is 8.42 Å². The van der Waals surface area contributed by atoms with Gasteiger partial charge in [-0.05, 0) is 48.4 Å². The van der Waals surface area contributed by atoms with Gasteiger partial charge in [0.1, 0.15) is 11.5 Å². The molecular formula is C21H25NO5S. The molecule has 28 heavy (non-hydrogen) atoms. The molecule has 0 radical (unpaired) electrons. The van der Waals surface area contributed by atoms with Gasteiger partial charge in [-0.2, -0.15) is 0 Å². The topological polar surface area (TPSA) is 72.9 Å². The van der Waals surface area contributed by atoms with Gasteiger partial charge in [-0.1, -0.05) is 12.1 Å². The zero-order chi connectivity index (χ0) is 20.9. The van der Waals surface area contributed by atoms with E-state index in [9.17, 15) is 13.2 Å². The van der Waals surface area contributed by atoms with Crippen molar-refractivity contribution in [1.82, 2.24) is 4.90 Å². The number of hydrogen-bond donors (Lipinski definition) is 0. The number of methoxy groups -OCH3 is 2. The van der Waals surface area contributed by atoms with Gasteiger partial charge < -0.3 is 14.4 Å². The molecule has 0 aromatic heterocycles. The highest BCUT2D eigenvalue weighted by Crippen LogP contribution is 2.24. The van der Waals surface area contributed by atoms with E-state index in [4.69, 9.17) is 9.47 Å². The van der Waals surface area contributed by atoms with Gasteiger partial charge in [-0.15, -0.1) is 0 Å². The Morgan fingerprint density at radius 3 is 2.04 bits per heavy atom. The van der Waals surface area contributed by atoms with Gasteiger partial charge in [0, 0.05) is 25.4 Å². The number of rotatable bonds is 7. The van der Waals surface area contributed by atoms with E-state index in [1.807, 2.05) is 6.92 Å². The molecule has 2 aromatic carbocycles. The molecule has 0 fully saturated rings. The summed E-state index contributed by atoms with van der Waals surface area (Å²) in [6.45, 7) is 1.88. The van der Waals surface area contributed by atoms with E-state index >= 15 is 0 Å². The Kier molecular flexibility index (Phi) is 6.85. The van der Waals surface area contributed by atoms with E-state index < -0.39 is 9.84 Å². The Balaban J connectivity index is 2.14. The zero-order valence-corrected chi connectivity index (χ0v) is 17.5. The van der Waals surface area contributed by atoms with E-state index in [0.29, 0.717) is 11.5 Å². The summed E-state index contributed by atoms with van der Waals surface area (Å²) in [6.07, 6.45) is 4.35. The molecule has 1 amide bonds. The average molecular weight is 404 g/mol. The van der Waals surface area contributed by atoms with Crippen molar-refractivity contribution in [1.29, 1.82) is 0 Å². The molecular weight excluding hydrogens is 378 g/mol. The lowest BCUT2D eigenvalue weighted by Gasteiger charge is -2.24. The second kappa shape index (κ2) is 8.93. The van der Waals surface area contributed by atoms with E-state index in [0.717, 1.165) is 11.1 Å². The fourth-order valence-corrected chi connectivity index (χ4v) is 3.25. The molecule has 2 aromatic rings. The van der Waals surface area contributed by atoms with Crippen LogP contribution in [0.5, 0.6) is 11.5 Å². The first kappa shape index (κ1) is 21.5. The maximum absolute atomic E-state index is 12.5. The van der Waals surface area contributed by atoms with Crippen molar-refractivity contribution in [2.45, 2.75) is 17.9 Å². The first-order chi connectivity index (χ1) is 13.2. The van der Waals surface area contributed by atoms with Crippen molar-refractivity contribution < 1.29 is 22.7 Å². The number of carbonyl (C=O) groups excluding carboxylic acids is 1. The minimum atomic E-state index is -3.24. The lowest BCUT2D eigenvalue weighted by atomic mass is 10.1. The number of amides is 1. The van der Waals surface area contributed by atoms with Crippen LogP contribution in [0.3, 0.4) is 0 Å². The molecule has 0 aliphatic heterocycles. The third kappa shape index (κ3) is 5.36. The van der Waals surface area contributed by atoms with Crippen molar-refractivity contribution in [3.05, 3.63) is 59.7 Å². The maximum atomic E-state index is 12.5. The summed E-state index contributed by atoms with van der Waals surface area (Å²) in [5, 5.41) is 0. The molecule has 0 aliphatic rings. The fourth-order valence-electron chi connectivity index (χ4n) is 2.62. The first-order valence-electron chi connectivity index (χ1n) is 8.63. The van der Waals surface area contributed by atoms with Crippen molar-refractivity contribution in [2.24, 2.45) is 0 Å². The fraction of sp³-hybridized carbons (Fsp3) is 0.286. The molecule has 150 valence electrons. The third-order valence-electron chi connectivity index (χ3n) is 4.51. The maximum Gasteiger partial charge on any atom is 0.246 e. The Labute approximate surface area is 166 Å². The molecule has 1 unspecified atom stereocenters. The van der Waals surface area contributed by atoms with Crippen LogP contribution >= 0.6 is 0 Å². The van der Waals surface area contributed by atoms with Crippen LogP contribution in [0.2, 0.25) is 0 Å². The minimum Gasteiger partial charge on any atom is -0.497 e. The molecule has 0 saturated heterocycles. The van der Waals surface area contributed by atoms with E-state index in [2.05, 4.69) is 0 Å². The molecule has 0 saturated carbocycles. The van der Waals surface area contributed by atoms with Crippen LogP contribution in [0.1, 0.15) is 24.1 Å². The van der Waals surface area contributed by atoms with E-state index in [1.165, 1.54) is 12.3 Å². The Hall–Kier alpha value is -2.80. The molecule has 6 nitrogen and oxygen atoms in total. The number of carbonyl (C=O) groups is 1. The number of likely N-dealkylation sites (N-methyl/N-ethyl adjacent to an activating group) is 1. The molecule has 0 aliphatic carbocycles. The number of hydrogen-bond acceptors (Lipinski definition) is 5. The largest absolute Gasteiger partial charge is 0.497 e. The Morgan fingerprint density at radius 2 is 1.57 bits per heavy atom. The predicted octanol–water partition coefficient (Wildman–Crippen LogP) is 3.34. The number of nitrogens with zero attached hydrogens (tertiary/aromatic N) is 1. The van der Waals surface area contributed by atoms with Crippen LogP contribution in [-0.2, 0) is 14.6 Å². The molecule has 0 bridgehead atoms. The van der Waals surface area contributed by atoms with Crippen molar-refractivity contribution >= 4 is 21.8 Å². The summed E-state index contributed by atoms with van der Waals surface area (Å²) in [7, 11) is 1.59. The summed E-state index contributed by atoms with van der Waals surface area (Å²) < 4.78 is 33.6. The molecule has 2 rings (SSSR count). The van der Waals surface area contributed by atoms with Gasteiger partial charge >= 0.3 is 0 Å². The third-order valence-corrected chi connectivity index (χ3v) is 5.64. The van der Waals surface area contributed by atoms with Gasteiger partial charge in [0.2, 0.25) is 5.91 Å². The highest BCUT2D eigenvalue weighted by atomic mass is 32.2. The van der Waals surface area contributed by atoms with Crippen molar-refractivity contribution in [3.8, 4) is 11.5 Å². The molecule has 0 heterocycles. The van der Waals surface area contributed by atoms with Crippen LogP contribution in [0.4, 0.5) is 0 Å². The second-order valence-corrected chi connectivity index (χ2v) is 8.46. The van der Waals surface area contributed by atoms with Crippen LogP contribution < -0.4 is 9.47 Å². The monoisotopic (exact) mass is 403 g/mol. The van der Waals surface area contributed by atoms with Crippen LogP contribution in [0, 0.1) is 0 Å². The quantitative estimate of drug-likeness (QED) is 0.663. The van der Waals surface area contributed by atoms with Crippen LogP contribution in [0.25, 0.3) is 6.08 Å². The summed E-state index contributed by atoms with van der Waals surface area (Å²) in [5.74, 6) is 1.10. The van der Waals surface area contributed by atoms with Gasteiger partial charge in [-0.3, -0.25) is 4.79 Å². The van der Waals surface area contributed by atoms with Crippen LogP contribution in [-0.4, -0.2) is 46.7 Å².